The third-order valence-electron chi connectivity index (χ3n) is 5.53. The lowest BCUT2D eigenvalue weighted by Gasteiger charge is -2.32. The summed E-state index contributed by atoms with van der Waals surface area (Å²) in [5.41, 5.74) is 1.40. The molecule has 2 heterocycles. The Bertz CT molecular complexity index is 1160. The van der Waals surface area contributed by atoms with Crippen LogP contribution in [0.25, 0.3) is 0 Å². The molecule has 33 heavy (non-hydrogen) atoms. The Morgan fingerprint density at radius 2 is 1.67 bits per heavy atom. The van der Waals surface area contributed by atoms with E-state index in [-0.39, 0.29) is 29.3 Å². The van der Waals surface area contributed by atoms with E-state index in [4.69, 9.17) is 0 Å². The summed E-state index contributed by atoms with van der Waals surface area (Å²) < 4.78 is 13.9. The molecule has 8 heteroatoms. The fourth-order valence-corrected chi connectivity index (χ4v) is 3.74. The van der Waals surface area contributed by atoms with Crippen molar-refractivity contribution >= 4 is 23.4 Å². The number of nitrogens with zero attached hydrogens (tertiary/aromatic N) is 2. The van der Waals surface area contributed by atoms with Crippen molar-refractivity contribution in [2.45, 2.75) is 18.9 Å². The zero-order chi connectivity index (χ0) is 23.2. The van der Waals surface area contributed by atoms with E-state index in [1.165, 1.54) is 18.3 Å². The second-order valence-corrected chi connectivity index (χ2v) is 7.80. The fraction of sp³-hybridized carbons (Fsp3) is 0.200. The van der Waals surface area contributed by atoms with Crippen LogP contribution in [0, 0.1) is 5.82 Å². The molecule has 0 unspecified atom stereocenters. The zero-order valence-corrected chi connectivity index (χ0v) is 17.8. The van der Waals surface area contributed by atoms with Gasteiger partial charge < -0.3 is 15.5 Å². The second-order valence-electron chi connectivity index (χ2n) is 7.80. The van der Waals surface area contributed by atoms with Gasteiger partial charge in [-0.15, -0.1) is 0 Å². The van der Waals surface area contributed by atoms with Gasteiger partial charge in [0.1, 0.15) is 5.82 Å². The highest BCUT2D eigenvalue weighted by Gasteiger charge is 2.26. The molecule has 4 rings (SSSR count). The monoisotopic (exact) mass is 446 g/mol. The summed E-state index contributed by atoms with van der Waals surface area (Å²) in [6.45, 7) is 0.860. The highest BCUT2D eigenvalue weighted by atomic mass is 19.1. The van der Waals surface area contributed by atoms with Crippen molar-refractivity contribution < 1.29 is 18.8 Å². The van der Waals surface area contributed by atoms with Gasteiger partial charge >= 0.3 is 0 Å². The van der Waals surface area contributed by atoms with Gasteiger partial charge in [-0.2, -0.15) is 0 Å². The molecule has 3 amide bonds. The lowest BCUT2D eigenvalue weighted by Crippen LogP contribution is -2.46. The minimum absolute atomic E-state index is 0.0603. The number of anilines is 1. The summed E-state index contributed by atoms with van der Waals surface area (Å²) in [5, 5.41) is 5.75. The molecule has 0 bridgehead atoms. The number of carbonyl (C=O) groups excluding carboxylic acids is 3. The van der Waals surface area contributed by atoms with Crippen molar-refractivity contribution in [1.29, 1.82) is 0 Å². The molecular weight excluding hydrogens is 423 g/mol. The largest absolute Gasteiger partial charge is 0.349 e. The summed E-state index contributed by atoms with van der Waals surface area (Å²) in [4.78, 5) is 43.1. The molecule has 0 spiro atoms. The molecule has 0 atom stereocenters. The predicted molar refractivity (Wildman–Crippen MR) is 121 cm³/mol. The minimum atomic E-state index is -0.534. The van der Waals surface area contributed by atoms with Crippen molar-refractivity contribution in [1.82, 2.24) is 15.2 Å². The molecule has 1 fully saturated rings. The number of likely N-dealkylation sites (tertiary alicyclic amines) is 1. The molecule has 1 aliphatic heterocycles. The maximum absolute atomic E-state index is 13.9. The van der Waals surface area contributed by atoms with Crippen LogP contribution in [0.15, 0.2) is 73.1 Å². The van der Waals surface area contributed by atoms with E-state index in [9.17, 15) is 18.8 Å². The van der Waals surface area contributed by atoms with Crippen LogP contribution >= 0.6 is 0 Å². The first kappa shape index (κ1) is 22.1. The van der Waals surface area contributed by atoms with Gasteiger partial charge in [-0.05, 0) is 55.3 Å². The molecule has 7 nitrogen and oxygen atoms in total. The minimum Gasteiger partial charge on any atom is -0.349 e. The Morgan fingerprint density at radius 1 is 0.909 bits per heavy atom. The Hall–Kier alpha value is -4.07. The van der Waals surface area contributed by atoms with Gasteiger partial charge in [0.15, 0.2) is 0 Å². The smallest absolute Gasteiger partial charge is 0.257 e. The van der Waals surface area contributed by atoms with Gasteiger partial charge in [0.2, 0.25) is 0 Å². The normalized spacial score (nSPS) is 13.9. The van der Waals surface area contributed by atoms with Gasteiger partial charge in [-0.25, -0.2) is 4.39 Å². The van der Waals surface area contributed by atoms with Crippen molar-refractivity contribution in [3.63, 3.8) is 0 Å². The summed E-state index contributed by atoms with van der Waals surface area (Å²) in [5.74, 6) is -1.44. The van der Waals surface area contributed by atoms with E-state index in [0.717, 1.165) is 0 Å². The number of hydrogen-bond donors (Lipinski definition) is 2. The van der Waals surface area contributed by atoms with Crippen LogP contribution in [0.2, 0.25) is 0 Å². The topological polar surface area (TPSA) is 91.4 Å². The Morgan fingerprint density at radius 3 is 2.39 bits per heavy atom. The van der Waals surface area contributed by atoms with Crippen LogP contribution in [0.1, 0.15) is 43.9 Å². The van der Waals surface area contributed by atoms with Gasteiger partial charge in [0, 0.05) is 42.8 Å². The first-order valence-corrected chi connectivity index (χ1v) is 10.7. The molecule has 1 aliphatic rings. The average Bonchev–Trinajstić information content (AvgIpc) is 2.85. The third kappa shape index (κ3) is 5.41. The van der Waals surface area contributed by atoms with Gasteiger partial charge in [-0.3, -0.25) is 19.4 Å². The van der Waals surface area contributed by atoms with Crippen LogP contribution < -0.4 is 10.6 Å². The summed E-state index contributed by atoms with van der Waals surface area (Å²) in [6.07, 6.45) is 4.20. The van der Waals surface area contributed by atoms with Crippen LogP contribution in [0.5, 0.6) is 0 Å². The Balaban J connectivity index is 1.32. The maximum Gasteiger partial charge on any atom is 0.257 e. The van der Waals surface area contributed by atoms with Gasteiger partial charge in [0.05, 0.1) is 11.1 Å². The predicted octanol–water partition coefficient (Wildman–Crippen LogP) is 3.51. The molecule has 0 radical (unpaired) electrons. The third-order valence-corrected chi connectivity index (χ3v) is 5.53. The fourth-order valence-electron chi connectivity index (χ4n) is 3.74. The molecule has 1 aromatic heterocycles. The number of pyridine rings is 1. The number of aromatic nitrogens is 1. The van der Waals surface area contributed by atoms with E-state index >= 15 is 0 Å². The van der Waals surface area contributed by atoms with Gasteiger partial charge in [-0.1, -0.05) is 18.2 Å². The van der Waals surface area contributed by atoms with E-state index < -0.39 is 5.82 Å². The number of carbonyl (C=O) groups is 3. The molecule has 168 valence electrons. The van der Waals surface area contributed by atoms with Crippen molar-refractivity contribution in [3.8, 4) is 0 Å². The van der Waals surface area contributed by atoms with Crippen LogP contribution in [0.3, 0.4) is 0 Å². The number of hydrogen-bond acceptors (Lipinski definition) is 4. The standard InChI is InChI=1S/C25H23FN4O3/c26-22-9-2-1-8-21(22)25(33)30-13-10-19(11-14-30)28-23(31)17-5-3-7-20(15-17)29-24(32)18-6-4-12-27-16-18/h1-9,12,15-16,19H,10-11,13-14H2,(H,28,31)(H,29,32). The summed E-state index contributed by atoms with van der Waals surface area (Å²) in [7, 11) is 0. The Kier molecular flexibility index (Phi) is 6.73. The number of piperidine rings is 1. The molecule has 2 N–H and O–H groups in total. The first-order valence-electron chi connectivity index (χ1n) is 10.7. The second kappa shape index (κ2) is 10.0. The van der Waals surface area contributed by atoms with Crippen molar-refractivity contribution in [2.24, 2.45) is 0 Å². The lowest BCUT2D eigenvalue weighted by atomic mass is 10.0. The quantitative estimate of drug-likeness (QED) is 0.628. The van der Waals surface area contributed by atoms with Crippen LogP contribution in [-0.2, 0) is 0 Å². The van der Waals surface area contributed by atoms with Crippen LogP contribution in [0.4, 0.5) is 10.1 Å². The van der Waals surface area contributed by atoms with E-state index in [1.807, 2.05) is 0 Å². The molecule has 0 saturated carbocycles. The van der Waals surface area contributed by atoms with Crippen molar-refractivity contribution in [2.75, 3.05) is 18.4 Å². The van der Waals surface area contributed by atoms with Crippen LogP contribution in [-0.4, -0.2) is 46.7 Å². The lowest BCUT2D eigenvalue weighted by molar-refractivity contribution is 0.0693. The van der Waals surface area contributed by atoms with Gasteiger partial charge in [0.25, 0.3) is 17.7 Å². The highest BCUT2D eigenvalue weighted by molar-refractivity contribution is 6.05. The molecule has 0 aliphatic carbocycles. The number of amides is 3. The van der Waals surface area contributed by atoms with E-state index in [2.05, 4.69) is 15.6 Å². The average molecular weight is 446 g/mol. The molecule has 3 aromatic rings. The SMILES string of the molecule is O=C(Nc1cccc(C(=O)NC2CCN(C(=O)c3ccccc3F)CC2)c1)c1cccnc1. The zero-order valence-electron chi connectivity index (χ0n) is 17.8. The molecule has 1 saturated heterocycles. The first-order chi connectivity index (χ1) is 16.0. The summed E-state index contributed by atoms with van der Waals surface area (Å²) >= 11 is 0. The highest BCUT2D eigenvalue weighted by Crippen LogP contribution is 2.17. The van der Waals surface area contributed by atoms with E-state index in [1.54, 1.807) is 59.6 Å². The number of halogens is 1. The maximum atomic E-state index is 13.9. The number of rotatable bonds is 5. The number of nitrogens with one attached hydrogen (secondary N) is 2. The molecule has 2 aromatic carbocycles. The Labute approximate surface area is 190 Å². The summed E-state index contributed by atoms with van der Waals surface area (Å²) in [6, 6.07) is 15.8. The van der Waals surface area contributed by atoms with E-state index in [0.29, 0.717) is 42.7 Å². The number of benzene rings is 2. The molecular formula is C25H23FN4O3. The van der Waals surface area contributed by atoms with Crippen molar-refractivity contribution in [3.05, 3.63) is 95.6 Å².